The summed E-state index contributed by atoms with van der Waals surface area (Å²) in [6, 6.07) is 7.66. The second-order valence-electron chi connectivity index (χ2n) is 6.50. The minimum absolute atomic E-state index is 0.0833. The van der Waals surface area contributed by atoms with Crippen molar-refractivity contribution in [3.8, 4) is 11.3 Å². The molecular weight excluding hydrogens is 383 g/mol. The number of aromatic nitrogens is 2. The zero-order valence-corrected chi connectivity index (χ0v) is 15.1. The van der Waals surface area contributed by atoms with Gasteiger partial charge in [0, 0.05) is 23.6 Å². The number of H-pyrrole nitrogens is 1. The summed E-state index contributed by atoms with van der Waals surface area (Å²) < 4.78 is 46.4. The van der Waals surface area contributed by atoms with Crippen LogP contribution in [0.5, 0.6) is 0 Å². The number of carbonyl (C=O) groups excluding carboxylic acids is 1. The molecule has 5 nitrogen and oxygen atoms in total. The van der Waals surface area contributed by atoms with Gasteiger partial charge in [0.1, 0.15) is 23.7 Å². The number of amides is 1. The van der Waals surface area contributed by atoms with E-state index in [1.807, 2.05) is 0 Å². The number of carbonyl (C=O) groups is 1. The Balaban J connectivity index is 1.63. The highest BCUT2D eigenvalue weighted by Gasteiger charge is 2.18. The summed E-state index contributed by atoms with van der Waals surface area (Å²) in [5, 5.41) is 3.03. The van der Waals surface area contributed by atoms with Gasteiger partial charge in [0.25, 0.3) is 0 Å². The van der Waals surface area contributed by atoms with Gasteiger partial charge in [0.05, 0.1) is 18.3 Å². The van der Waals surface area contributed by atoms with Gasteiger partial charge in [-0.3, -0.25) is 4.79 Å². The number of fused-ring (bicyclic) bond motifs is 1. The Morgan fingerprint density at radius 3 is 2.62 bits per heavy atom. The molecule has 4 aromatic rings. The first-order valence-electron chi connectivity index (χ1n) is 8.92. The molecule has 2 N–H and O–H groups in total. The molecule has 0 saturated carbocycles. The Hall–Kier alpha value is -3.55. The van der Waals surface area contributed by atoms with Crippen LogP contribution in [0.2, 0.25) is 0 Å². The molecule has 29 heavy (non-hydrogen) atoms. The summed E-state index contributed by atoms with van der Waals surface area (Å²) in [6.45, 7) is 0.147. The minimum atomic E-state index is -0.733. The number of hydrogen-bond acceptors (Lipinski definition) is 3. The number of nitrogens with one attached hydrogen (secondary N) is 2. The maximum absolute atomic E-state index is 14.3. The van der Waals surface area contributed by atoms with Crippen LogP contribution >= 0.6 is 0 Å². The van der Waals surface area contributed by atoms with Crippen molar-refractivity contribution in [3.05, 3.63) is 77.8 Å². The van der Waals surface area contributed by atoms with Gasteiger partial charge in [-0.15, -0.1) is 0 Å². The van der Waals surface area contributed by atoms with Gasteiger partial charge in [-0.2, -0.15) is 0 Å². The first-order valence-corrected chi connectivity index (χ1v) is 8.92. The van der Waals surface area contributed by atoms with Gasteiger partial charge in [-0.25, -0.2) is 18.2 Å². The lowest BCUT2D eigenvalue weighted by atomic mass is 10.0. The van der Waals surface area contributed by atoms with Crippen LogP contribution in [0.4, 0.5) is 13.2 Å². The van der Waals surface area contributed by atoms with Crippen molar-refractivity contribution in [1.82, 2.24) is 15.3 Å². The fourth-order valence-electron chi connectivity index (χ4n) is 3.24. The average Bonchev–Trinajstić information content (AvgIpc) is 3.33. The van der Waals surface area contributed by atoms with Crippen molar-refractivity contribution in [1.29, 1.82) is 0 Å². The lowest BCUT2D eigenvalue weighted by Crippen LogP contribution is -2.23. The van der Waals surface area contributed by atoms with E-state index in [4.69, 9.17) is 4.42 Å². The summed E-state index contributed by atoms with van der Waals surface area (Å²) >= 11 is 0. The molecule has 1 amide bonds. The molecular formula is C21H16F3N3O2. The summed E-state index contributed by atoms with van der Waals surface area (Å²) in [7, 11) is 0. The third-order valence-electron chi connectivity index (χ3n) is 4.59. The molecule has 148 valence electrons. The smallest absolute Gasteiger partial charge is 0.220 e. The molecule has 8 heteroatoms. The van der Waals surface area contributed by atoms with Gasteiger partial charge < -0.3 is 14.7 Å². The van der Waals surface area contributed by atoms with E-state index in [0.29, 0.717) is 28.1 Å². The molecule has 4 rings (SSSR count). The monoisotopic (exact) mass is 399 g/mol. The van der Waals surface area contributed by atoms with Crippen LogP contribution in [0.1, 0.15) is 17.9 Å². The van der Waals surface area contributed by atoms with Gasteiger partial charge in [-0.05, 0) is 47.9 Å². The van der Waals surface area contributed by atoms with E-state index < -0.39 is 17.5 Å². The Morgan fingerprint density at radius 2 is 1.90 bits per heavy atom. The van der Waals surface area contributed by atoms with Gasteiger partial charge >= 0.3 is 0 Å². The van der Waals surface area contributed by atoms with E-state index in [2.05, 4.69) is 15.3 Å². The van der Waals surface area contributed by atoms with Crippen LogP contribution < -0.4 is 5.32 Å². The number of halogens is 3. The molecule has 0 spiro atoms. The molecule has 0 atom stereocenters. The standard InChI is InChI=1S/C21H16F3N3O2/c22-13-3-1-12(2-4-13)20-15(16-9-14(23)10-17(24)21(16)27-20)5-6-18(28)26-11-19-25-7-8-29-19/h1-4,7-10,27H,5-6,11H2,(H,26,28). The topological polar surface area (TPSA) is 70.9 Å². The summed E-state index contributed by atoms with van der Waals surface area (Å²) in [5.74, 6) is -1.74. The molecule has 0 aliphatic carbocycles. The van der Waals surface area contributed by atoms with Crippen LogP contribution in [0, 0.1) is 17.5 Å². The highest BCUT2D eigenvalue weighted by molar-refractivity contribution is 5.92. The third kappa shape index (κ3) is 4.01. The predicted octanol–water partition coefficient (Wildman–Crippen LogP) is 4.49. The van der Waals surface area contributed by atoms with Crippen LogP contribution in [0.15, 0.2) is 53.3 Å². The van der Waals surface area contributed by atoms with Gasteiger partial charge in [-0.1, -0.05) is 0 Å². The third-order valence-corrected chi connectivity index (χ3v) is 4.59. The normalized spacial score (nSPS) is 11.1. The Labute approximate surface area is 163 Å². The van der Waals surface area contributed by atoms with E-state index in [0.717, 1.165) is 6.07 Å². The molecule has 0 aliphatic heterocycles. The number of aryl methyl sites for hydroxylation is 1. The Morgan fingerprint density at radius 1 is 1.10 bits per heavy atom. The quantitative estimate of drug-likeness (QED) is 0.502. The maximum Gasteiger partial charge on any atom is 0.220 e. The lowest BCUT2D eigenvalue weighted by Gasteiger charge is -2.06. The van der Waals surface area contributed by atoms with Crippen molar-refractivity contribution in [2.24, 2.45) is 0 Å². The second kappa shape index (κ2) is 7.83. The second-order valence-corrected chi connectivity index (χ2v) is 6.50. The lowest BCUT2D eigenvalue weighted by molar-refractivity contribution is -0.121. The number of rotatable bonds is 6. The fourth-order valence-corrected chi connectivity index (χ4v) is 3.24. The summed E-state index contributed by atoms with van der Waals surface area (Å²) in [5.41, 5.74) is 1.85. The fraction of sp³-hybridized carbons (Fsp3) is 0.143. The van der Waals surface area contributed by atoms with Crippen molar-refractivity contribution < 1.29 is 22.4 Å². The first-order chi connectivity index (χ1) is 14.0. The minimum Gasteiger partial charge on any atom is -0.447 e. The average molecular weight is 399 g/mol. The SMILES string of the molecule is O=C(CCc1c(-c2ccc(F)cc2)[nH]c2c(F)cc(F)cc12)NCc1ncco1. The van der Waals surface area contributed by atoms with E-state index in [-0.39, 0.29) is 30.8 Å². The molecule has 2 aromatic heterocycles. The number of aromatic amines is 1. The molecule has 0 bridgehead atoms. The van der Waals surface area contributed by atoms with E-state index in [1.165, 1.54) is 30.7 Å². The largest absolute Gasteiger partial charge is 0.447 e. The molecule has 2 heterocycles. The highest BCUT2D eigenvalue weighted by Crippen LogP contribution is 2.33. The van der Waals surface area contributed by atoms with Crippen LogP contribution in [0.25, 0.3) is 22.2 Å². The van der Waals surface area contributed by atoms with Crippen molar-refractivity contribution in [3.63, 3.8) is 0 Å². The zero-order chi connectivity index (χ0) is 20.4. The molecule has 0 radical (unpaired) electrons. The number of nitrogens with zero attached hydrogens (tertiary/aromatic N) is 1. The highest BCUT2D eigenvalue weighted by atomic mass is 19.1. The number of benzene rings is 2. The maximum atomic E-state index is 14.3. The Bertz CT molecular complexity index is 1150. The molecule has 2 aromatic carbocycles. The van der Waals surface area contributed by atoms with Crippen molar-refractivity contribution in [2.75, 3.05) is 0 Å². The van der Waals surface area contributed by atoms with Gasteiger partial charge in [0.2, 0.25) is 11.8 Å². The van der Waals surface area contributed by atoms with E-state index in [1.54, 1.807) is 12.1 Å². The predicted molar refractivity (Wildman–Crippen MR) is 100 cm³/mol. The molecule has 0 fully saturated rings. The number of oxazole rings is 1. The summed E-state index contributed by atoms with van der Waals surface area (Å²) in [4.78, 5) is 19.1. The van der Waals surface area contributed by atoms with Gasteiger partial charge in [0.15, 0.2) is 0 Å². The number of hydrogen-bond donors (Lipinski definition) is 2. The van der Waals surface area contributed by atoms with Crippen LogP contribution in [-0.2, 0) is 17.8 Å². The summed E-state index contributed by atoms with van der Waals surface area (Å²) in [6.07, 6.45) is 3.20. The first kappa shape index (κ1) is 18.8. The molecule has 0 aliphatic rings. The molecule has 0 unspecified atom stereocenters. The van der Waals surface area contributed by atoms with E-state index in [9.17, 15) is 18.0 Å². The van der Waals surface area contributed by atoms with Crippen molar-refractivity contribution in [2.45, 2.75) is 19.4 Å². The van der Waals surface area contributed by atoms with Crippen molar-refractivity contribution >= 4 is 16.8 Å². The Kier molecular flexibility index (Phi) is 5.07. The van der Waals surface area contributed by atoms with Crippen LogP contribution in [0.3, 0.4) is 0 Å². The zero-order valence-electron chi connectivity index (χ0n) is 15.1. The van der Waals surface area contributed by atoms with Crippen LogP contribution in [-0.4, -0.2) is 15.9 Å². The van der Waals surface area contributed by atoms with E-state index >= 15 is 0 Å². The molecule has 0 saturated heterocycles.